The maximum atomic E-state index is 11.7. The molecule has 0 heterocycles. The summed E-state index contributed by atoms with van der Waals surface area (Å²) in [6.07, 6.45) is 0. The van der Waals surface area contributed by atoms with Gasteiger partial charge in [0.15, 0.2) is 0 Å². The lowest BCUT2D eigenvalue weighted by Gasteiger charge is -2.06. The third-order valence-electron chi connectivity index (χ3n) is 2.63. The van der Waals surface area contributed by atoms with E-state index in [1.807, 2.05) is 0 Å². The fourth-order valence-corrected chi connectivity index (χ4v) is 1.75. The van der Waals surface area contributed by atoms with Crippen LogP contribution in [0.5, 0.6) is 11.5 Å². The number of rotatable bonds is 5. The lowest BCUT2D eigenvalue weighted by molar-refractivity contribution is -0.137. The van der Waals surface area contributed by atoms with Crippen molar-refractivity contribution in [2.75, 3.05) is 6.61 Å². The summed E-state index contributed by atoms with van der Waals surface area (Å²) in [6.45, 7) is 1.82. The van der Waals surface area contributed by atoms with E-state index in [-0.39, 0.29) is 12.2 Å². The zero-order valence-electron chi connectivity index (χ0n) is 11.3. The summed E-state index contributed by atoms with van der Waals surface area (Å²) in [5.74, 6) is -0.347. The highest BCUT2D eigenvalue weighted by atomic mass is 35.5. The van der Waals surface area contributed by atoms with Crippen LogP contribution in [0.4, 0.5) is 0 Å². The summed E-state index contributed by atoms with van der Waals surface area (Å²) in [4.78, 5) is 23.0. The molecule has 21 heavy (non-hydrogen) atoms. The van der Waals surface area contributed by atoms with Crippen LogP contribution in [0.1, 0.15) is 17.3 Å². The standard InChI is InChI=1S/C16H13ClO4/c1-2-20-16(19)15(18)11-3-7-13(8-4-11)21-14-9-5-12(17)6-10-14/h3-10H,2H2,1H3. The van der Waals surface area contributed by atoms with Crippen molar-refractivity contribution >= 4 is 23.4 Å². The molecular weight excluding hydrogens is 292 g/mol. The summed E-state index contributed by atoms with van der Waals surface area (Å²) < 4.78 is 10.3. The highest BCUT2D eigenvalue weighted by Gasteiger charge is 2.17. The van der Waals surface area contributed by atoms with Gasteiger partial charge < -0.3 is 9.47 Å². The number of Topliss-reactive ketones (excluding diaryl/α,β-unsaturated/α-hetero) is 1. The van der Waals surface area contributed by atoms with Crippen molar-refractivity contribution in [1.82, 2.24) is 0 Å². The van der Waals surface area contributed by atoms with E-state index < -0.39 is 11.8 Å². The molecule has 0 aliphatic heterocycles. The zero-order valence-corrected chi connectivity index (χ0v) is 12.1. The van der Waals surface area contributed by atoms with Crippen molar-refractivity contribution in [2.45, 2.75) is 6.92 Å². The quantitative estimate of drug-likeness (QED) is 0.478. The largest absolute Gasteiger partial charge is 0.460 e. The van der Waals surface area contributed by atoms with Crippen LogP contribution in [-0.2, 0) is 9.53 Å². The van der Waals surface area contributed by atoms with Crippen molar-refractivity contribution in [3.63, 3.8) is 0 Å². The highest BCUT2D eigenvalue weighted by Crippen LogP contribution is 2.23. The molecule has 0 unspecified atom stereocenters. The first-order valence-corrected chi connectivity index (χ1v) is 6.73. The number of benzene rings is 2. The summed E-state index contributed by atoms with van der Waals surface area (Å²) in [5, 5.41) is 0.623. The number of carbonyl (C=O) groups excluding carboxylic acids is 2. The average Bonchev–Trinajstić information content (AvgIpc) is 2.50. The summed E-state index contributed by atoms with van der Waals surface area (Å²) in [6, 6.07) is 13.2. The fraction of sp³-hybridized carbons (Fsp3) is 0.125. The second-order valence-corrected chi connectivity index (χ2v) is 4.57. The minimum absolute atomic E-state index is 0.169. The fourth-order valence-electron chi connectivity index (χ4n) is 1.63. The molecule has 2 aromatic rings. The van der Waals surface area contributed by atoms with Crippen LogP contribution in [0.25, 0.3) is 0 Å². The van der Waals surface area contributed by atoms with E-state index in [0.29, 0.717) is 16.5 Å². The van der Waals surface area contributed by atoms with E-state index in [1.54, 1.807) is 43.3 Å². The number of carbonyl (C=O) groups is 2. The number of hydrogen-bond acceptors (Lipinski definition) is 4. The van der Waals surface area contributed by atoms with Crippen LogP contribution in [0.2, 0.25) is 5.02 Å². The molecule has 0 aliphatic rings. The first-order chi connectivity index (χ1) is 10.1. The van der Waals surface area contributed by atoms with Crippen LogP contribution in [0.3, 0.4) is 0 Å². The Kier molecular flexibility index (Phi) is 4.95. The minimum Gasteiger partial charge on any atom is -0.460 e. The Morgan fingerprint density at radius 3 is 2.00 bits per heavy atom. The lowest BCUT2D eigenvalue weighted by Crippen LogP contribution is -2.17. The molecule has 0 bridgehead atoms. The zero-order chi connectivity index (χ0) is 15.2. The molecule has 0 amide bonds. The number of halogens is 1. The van der Waals surface area contributed by atoms with E-state index in [1.165, 1.54) is 12.1 Å². The molecule has 0 saturated carbocycles. The van der Waals surface area contributed by atoms with Gasteiger partial charge in [0.05, 0.1) is 6.61 Å². The SMILES string of the molecule is CCOC(=O)C(=O)c1ccc(Oc2ccc(Cl)cc2)cc1. The molecular formula is C16H13ClO4. The lowest BCUT2D eigenvalue weighted by atomic mass is 10.1. The highest BCUT2D eigenvalue weighted by molar-refractivity contribution is 6.40. The normalized spacial score (nSPS) is 10.0. The predicted octanol–water partition coefficient (Wildman–Crippen LogP) is 3.88. The Morgan fingerprint density at radius 1 is 0.952 bits per heavy atom. The van der Waals surface area contributed by atoms with E-state index in [2.05, 4.69) is 4.74 Å². The van der Waals surface area contributed by atoms with E-state index in [4.69, 9.17) is 16.3 Å². The molecule has 2 aromatic carbocycles. The Bertz CT molecular complexity index is 632. The molecule has 0 radical (unpaired) electrons. The molecule has 0 atom stereocenters. The second-order valence-electron chi connectivity index (χ2n) is 4.13. The van der Waals surface area contributed by atoms with Gasteiger partial charge in [-0.25, -0.2) is 4.79 Å². The summed E-state index contributed by atoms with van der Waals surface area (Å²) in [7, 11) is 0. The van der Waals surface area contributed by atoms with Gasteiger partial charge in [-0.05, 0) is 55.5 Å². The second kappa shape index (κ2) is 6.90. The van der Waals surface area contributed by atoms with Gasteiger partial charge in [-0.1, -0.05) is 11.6 Å². The van der Waals surface area contributed by atoms with Crippen LogP contribution in [0.15, 0.2) is 48.5 Å². The van der Waals surface area contributed by atoms with E-state index in [0.717, 1.165) is 0 Å². The first-order valence-electron chi connectivity index (χ1n) is 6.35. The molecule has 0 aliphatic carbocycles. The topological polar surface area (TPSA) is 52.6 Å². The van der Waals surface area contributed by atoms with Crippen LogP contribution < -0.4 is 4.74 Å². The van der Waals surface area contributed by atoms with Gasteiger partial charge in [0.1, 0.15) is 11.5 Å². The smallest absolute Gasteiger partial charge is 0.379 e. The van der Waals surface area contributed by atoms with Gasteiger partial charge in [-0.2, -0.15) is 0 Å². The minimum atomic E-state index is -0.858. The van der Waals surface area contributed by atoms with Crippen LogP contribution >= 0.6 is 11.6 Å². The number of esters is 1. The number of ether oxygens (including phenoxy) is 2. The Labute approximate surface area is 127 Å². The molecule has 2 rings (SSSR count). The maximum Gasteiger partial charge on any atom is 0.379 e. The van der Waals surface area contributed by atoms with Gasteiger partial charge in [0.25, 0.3) is 5.78 Å². The van der Waals surface area contributed by atoms with Crippen molar-refractivity contribution in [3.8, 4) is 11.5 Å². The summed E-state index contributed by atoms with van der Waals surface area (Å²) in [5.41, 5.74) is 0.261. The maximum absolute atomic E-state index is 11.7. The van der Waals surface area contributed by atoms with Gasteiger partial charge >= 0.3 is 5.97 Å². The van der Waals surface area contributed by atoms with Crippen molar-refractivity contribution in [2.24, 2.45) is 0 Å². The van der Waals surface area contributed by atoms with E-state index >= 15 is 0 Å². The average molecular weight is 305 g/mol. The van der Waals surface area contributed by atoms with Crippen LogP contribution in [-0.4, -0.2) is 18.4 Å². The molecule has 108 valence electrons. The van der Waals surface area contributed by atoms with Crippen LogP contribution in [0, 0.1) is 0 Å². The van der Waals surface area contributed by atoms with Crippen molar-refractivity contribution in [1.29, 1.82) is 0 Å². The molecule has 0 saturated heterocycles. The molecule has 0 aromatic heterocycles. The molecule has 0 N–H and O–H groups in total. The van der Waals surface area contributed by atoms with Gasteiger partial charge in [-0.3, -0.25) is 4.79 Å². The predicted molar refractivity (Wildman–Crippen MR) is 78.9 cm³/mol. The number of hydrogen-bond donors (Lipinski definition) is 0. The van der Waals surface area contributed by atoms with Gasteiger partial charge in [0.2, 0.25) is 0 Å². The third kappa shape index (κ3) is 4.07. The van der Waals surface area contributed by atoms with Gasteiger partial charge in [0, 0.05) is 10.6 Å². The number of ketones is 1. The summed E-state index contributed by atoms with van der Waals surface area (Å²) >= 11 is 5.79. The van der Waals surface area contributed by atoms with Crippen molar-refractivity contribution in [3.05, 3.63) is 59.1 Å². The monoisotopic (exact) mass is 304 g/mol. The molecule has 5 heteroatoms. The van der Waals surface area contributed by atoms with E-state index in [9.17, 15) is 9.59 Å². The Balaban J connectivity index is 2.06. The van der Waals surface area contributed by atoms with Crippen molar-refractivity contribution < 1.29 is 19.1 Å². The molecule has 4 nitrogen and oxygen atoms in total. The molecule has 0 fully saturated rings. The first kappa shape index (κ1) is 15.1. The van der Waals surface area contributed by atoms with Gasteiger partial charge in [-0.15, -0.1) is 0 Å². The Morgan fingerprint density at radius 2 is 1.48 bits per heavy atom. The Hall–Kier alpha value is -2.33. The molecule has 0 spiro atoms. The third-order valence-corrected chi connectivity index (χ3v) is 2.88.